The number of rotatable bonds is 2. The minimum atomic E-state index is -0.0515. The van der Waals surface area contributed by atoms with Crippen molar-refractivity contribution in [1.82, 2.24) is 9.97 Å². The zero-order valence-electron chi connectivity index (χ0n) is 8.55. The van der Waals surface area contributed by atoms with Crippen molar-refractivity contribution >= 4 is 27.7 Å². The second-order valence-electron chi connectivity index (χ2n) is 3.57. The van der Waals surface area contributed by atoms with Crippen molar-refractivity contribution in [2.75, 3.05) is 5.75 Å². The molecule has 3 nitrogen and oxygen atoms in total. The van der Waals surface area contributed by atoms with E-state index in [9.17, 15) is 4.79 Å². The van der Waals surface area contributed by atoms with Gasteiger partial charge in [0, 0.05) is 0 Å². The van der Waals surface area contributed by atoms with Crippen molar-refractivity contribution in [1.29, 1.82) is 0 Å². The van der Waals surface area contributed by atoms with Crippen LogP contribution < -0.4 is 5.56 Å². The zero-order chi connectivity index (χ0) is 10.8. The van der Waals surface area contributed by atoms with E-state index in [1.54, 1.807) is 0 Å². The first kappa shape index (κ1) is 11.2. The lowest BCUT2D eigenvalue weighted by Crippen LogP contribution is -2.16. The lowest BCUT2D eigenvalue weighted by molar-refractivity contribution is 0.756. The molecule has 0 spiro atoms. The standard InChI is InChI=1S/C10H13BrN2OS/c1-2-6-8(11)10(14)13-9(12-6)7-4-3-5-15-7/h7H,2-5H2,1H3,(H,12,13,14). The number of aryl methyl sites for hydroxylation is 1. The molecule has 5 heteroatoms. The Morgan fingerprint density at radius 3 is 3.07 bits per heavy atom. The summed E-state index contributed by atoms with van der Waals surface area (Å²) < 4.78 is 0.580. The Morgan fingerprint density at radius 1 is 1.67 bits per heavy atom. The molecule has 15 heavy (non-hydrogen) atoms. The Bertz CT molecular complexity index is 412. The predicted molar refractivity (Wildman–Crippen MR) is 66.4 cm³/mol. The van der Waals surface area contributed by atoms with Gasteiger partial charge in [-0.2, -0.15) is 11.8 Å². The monoisotopic (exact) mass is 288 g/mol. The number of nitrogens with one attached hydrogen (secondary N) is 1. The highest BCUT2D eigenvalue weighted by Crippen LogP contribution is 2.37. The molecule has 1 N–H and O–H groups in total. The number of hydrogen-bond acceptors (Lipinski definition) is 3. The largest absolute Gasteiger partial charge is 0.309 e. The molecule has 1 atom stereocenters. The van der Waals surface area contributed by atoms with E-state index >= 15 is 0 Å². The van der Waals surface area contributed by atoms with Gasteiger partial charge < -0.3 is 4.98 Å². The van der Waals surface area contributed by atoms with Crippen molar-refractivity contribution in [2.24, 2.45) is 0 Å². The molecular weight excluding hydrogens is 276 g/mol. The van der Waals surface area contributed by atoms with E-state index in [-0.39, 0.29) is 5.56 Å². The van der Waals surface area contributed by atoms with E-state index in [0.717, 1.165) is 24.4 Å². The number of nitrogens with zero attached hydrogens (tertiary/aromatic N) is 1. The van der Waals surface area contributed by atoms with Crippen LogP contribution in [0.2, 0.25) is 0 Å². The molecule has 2 heterocycles. The van der Waals surface area contributed by atoms with Gasteiger partial charge in [-0.1, -0.05) is 6.92 Å². The average molecular weight is 289 g/mol. The van der Waals surface area contributed by atoms with Gasteiger partial charge in [0.15, 0.2) is 0 Å². The molecule has 0 aromatic carbocycles. The van der Waals surface area contributed by atoms with E-state index in [0.29, 0.717) is 9.72 Å². The van der Waals surface area contributed by atoms with E-state index in [1.807, 2.05) is 18.7 Å². The molecule has 0 aliphatic carbocycles. The number of thioether (sulfide) groups is 1. The van der Waals surface area contributed by atoms with Crippen molar-refractivity contribution < 1.29 is 0 Å². The molecule has 1 aliphatic heterocycles. The Hall–Kier alpha value is -0.290. The summed E-state index contributed by atoms with van der Waals surface area (Å²) >= 11 is 5.15. The summed E-state index contributed by atoms with van der Waals surface area (Å²) in [5, 5.41) is 0.385. The normalized spacial score (nSPS) is 20.8. The van der Waals surface area contributed by atoms with Gasteiger partial charge in [0.25, 0.3) is 5.56 Å². The predicted octanol–water partition coefficient (Wildman–Crippen LogP) is 2.66. The molecule has 0 amide bonds. The maximum Gasteiger partial charge on any atom is 0.265 e. The van der Waals surface area contributed by atoms with E-state index in [1.165, 1.54) is 12.2 Å². The Labute approximate surface area is 101 Å². The van der Waals surface area contributed by atoms with Gasteiger partial charge in [-0.15, -0.1) is 0 Å². The van der Waals surface area contributed by atoms with Crippen LogP contribution in [0.15, 0.2) is 9.27 Å². The maximum absolute atomic E-state index is 11.6. The van der Waals surface area contributed by atoms with Gasteiger partial charge in [0.1, 0.15) is 10.3 Å². The third kappa shape index (κ3) is 2.28. The van der Waals surface area contributed by atoms with Gasteiger partial charge in [-0.3, -0.25) is 4.79 Å². The highest BCUT2D eigenvalue weighted by Gasteiger charge is 2.21. The minimum absolute atomic E-state index is 0.0515. The molecule has 1 aromatic rings. The third-order valence-corrected chi connectivity index (χ3v) is 4.72. The molecule has 82 valence electrons. The topological polar surface area (TPSA) is 45.8 Å². The Morgan fingerprint density at radius 2 is 2.47 bits per heavy atom. The van der Waals surface area contributed by atoms with Crippen LogP contribution in [0.4, 0.5) is 0 Å². The van der Waals surface area contributed by atoms with Crippen molar-refractivity contribution in [3.05, 3.63) is 26.3 Å². The number of hydrogen-bond donors (Lipinski definition) is 1. The summed E-state index contributed by atoms with van der Waals surface area (Å²) in [5.74, 6) is 2.02. The van der Waals surface area contributed by atoms with Gasteiger partial charge in [-0.25, -0.2) is 4.98 Å². The Balaban J connectivity index is 2.40. The summed E-state index contributed by atoms with van der Waals surface area (Å²) in [6.07, 6.45) is 3.13. The number of aromatic amines is 1. The molecule has 1 aromatic heterocycles. The number of halogens is 1. The van der Waals surface area contributed by atoms with Crippen LogP contribution >= 0.6 is 27.7 Å². The van der Waals surface area contributed by atoms with Crippen LogP contribution in [-0.4, -0.2) is 15.7 Å². The van der Waals surface area contributed by atoms with Crippen LogP contribution in [0.5, 0.6) is 0 Å². The fourth-order valence-electron chi connectivity index (χ4n) is 1.70. The maximum atomic E-state index is 11.6. The van der Waals surface area contributed by atoms with Crippen LogP contribution in [0.25, 0.3) is 0 Å². The molecular formula is C10H13BrN2OS. The van der Waals surface area contributed by atoms with Gasteiger partial charge in [-0.05, 0) is 40.9 Å². The van der Waals surface area contributed by atoms with Crippen LogP contribution in [0.3, 0.4) is 0 Å². The van der Waals surface area contributed by atoms with E-state index in [2.05, 4.69) is 25.9 Å². The Kier molecular flexibility index (Phi) is 3.51. The first-order valence-electron chi connectivity index (χ1n) is 5.12. The van der Waals surface area contributed by atoms with E-state index < -0.39 is 0 Å². The quantitative estimate of drug-likeness (QED) is 0.910. The minimum Gasteiger partial charge on any atom is -0.309 e. The summed E-state index contributed by atoms with van der Waals surface area (Å²) in [6.45, 7) is 2.01. The second kappa shape index (κ2) is 4.70. The molecule has 0 bridgehead atoms. The van der Waals surface area contributed by atoms with Gasteiger partial charge in [0.2, 0.25) is 0 Å². The molecule has 0 saturated carbocycles. The van der Waals surface area contributed by atoms with Crippen LogP contribution in [0, 0.1) is 0 Å². The smallest absolute Gasteiger partial charge is 0.265 e. The summed E-state index contributed by atoms with van der Waals surface area (Å²) in [6, 6.07) is 0. The molecule has 1 saturated heterocycles. The second-order valence-corrected chi connectivity index (χ2v) is 5.67. The highest BCUT2D eigenvalue weighted by molar-refractivity contribution is 9.10. The summed E-state index contributed by atoms with van der Waals surface area (Å²) in [5.41, 5.74) is 0.811. The molecule has 1 aliphatic rings. The lowest BCUT2D eigenvalue weighted by atomic mass is 10.2. The number of aromatic nitrogens is 2. The summed E-state index contributed by atoms with van der Waals surface area (Å²) in [4.78, 5) is 19.0. The molecule has 1 unspecified atom stereocenters. The van der Waals surface area contributed by atoms with Crippen molar-refractivity contribution in [3.63, 3.8) is 0 Å². The van der Waals surface area contributed by atoms with Crippen LogP contribution in [-0.2, 0) is 6.42 Å². The van der Waals surface area contributed by atoms with Crippen molar-refractivity contribution in [3.8, 4) is 0 Å². The van der Waals surface area contributed by atoms with Crippen LogP contribution in [0.1, 0.15) is 36.5 Å². The van der Waals surface area contributed by atoms with Gasteiger partial charge >= 0.3 is 0 Å². The fourth-order valence-corrected chi connectivity index (χ4v) is 3.39. The molecule has 0 radical (unpaired) electrons. The SMILES string of the molecule is CCc1nc(C2CCCS2)[nH]c(=O)c1Br. The fraction of sp³-hybridized carbons (Fsp3) is 0.600. The molecule has 1 fully saturated rings. The molecule has 2 rings (SSSR count). The average Bonchev–Trinajstić information content (AvgIpc) is 2.75. The van der Waals surface area contributed by atoms with Gasteiger partial charge in [0.05, 0.1) is 10.9 Å². The lowest BCUT2D eigenvalue weighted by Gasteiger charge is -2.09. The first-order chi connectivity index (χ1) is 7.22. The third-order valence-electron chi connectivity index (χ3n) is 2.52. The number of H-pyrrole nitrogens is 1. The van der Waals surface area contributed by atoms with Crippen molar-refractivity contribution in [2.45, 2.75) is 31.4 Å². The van der Waals surface area contributed by atoms with E-state index in [4.69, 9.17) is 0 Å². The highest BCUT2D eigenvalue weighted by atomic mass is 79.9. The first-order valence-corrected chi connectivity index (χ1v) is 6.96. The zero-order valence-corrected chi connectivity index (χ0v) is 10.9. The summed E-state index contributed by atoms with van der Waals surface area (Å²) in [7, 11) is 0.